The van der Waals surface area contributed by atoms with Gasteiger partial charge in [-0.1, -0.05) is 54.1 Å². The molecule has 0 aliphatic rings. The van der Waals surface area contributed by atoms with E-state index >= 15 is 0 Å². The van der Waals surface area contributed by atoms with Crippen molar-refractivity contribution in [1.29, 1.82) is 0 Å². The van der Waals surface area contributed by atoms with Crippen molar-refractivity contribution >= 4 is 22.9 Å². The molecule has 0 fully saturated rings. The van der Waals surface area contributed by atoms with E-state index in [1.807, 2.05) is 0 Å². The Labute approximate surface area is 224 Å². The van der Waals surface area contributed by atoms with Crippen LogP contribution in [0.2, 0.25) is 5.02 Å². The van der Waals surface area contributed by atoms with E-state index in [1.54, 1.807) is 48.5 Å². The molecule has 2 N–H and O–H groups in total. The first-order valence-electron chi connectivity index (χ1n) is 11.6. The number of nitrogens with two attached hydrogens (primary N) is 1. The van der Waals surface area contributed by atoms with Crippen LogP contribution in [0.4, 0.5) is 18.9 Å². The molecule has 3 aromatic heterocycles. The highest BCUT2D eigenvalue weighted by Crippen LogP contribution is 2.35. The lowest BCUT2D eigenvalue weighted by atomic mass is 9.96. The van der Waals surface area contributed by atoms with Crippen LogP contribution >= 0.6 is 11.6 Å². The van der Waals surface area contributed by atoms with Gasteiger partial charge in [0.1, 0.15) is 5.69 Å². The predicted octanol–water partition coefficient (Wildman–Crippen LogP) is 5.66. The highest BCUT2D eigenvalue weighted by molar-refractivity contribution is 6.30. The van der Waals surface area contributed by atoms with Gasteiger partial charge in [-0.05, 0) is 41.8 Å². The Morgan fingerprint density at radius 2 is 1.62 bits per heavy atom. The van der Waals surface area contributed by atoms with Crippen LogP contribution in [0.1, 0.15) is 22.8 Å². The third-order valence-electron chi connectivity index (χ3n) is 6.27. The van der Waals surface area contributed by atoms with Gasteiger partial charge in [-0.3, -0.25) is 4.79 Å². The summed E-state index contributed by atoms with van der Waals surface area (Å²) in [5.41, 5.74) is 7.60. The molecule has 12 heteroatoms. The van der Waals surface area contributed by atoms with E-state index in [9.17, 15) is 18.0 Å². The van der Waals surface area contributed by atoms with E-state index in [2.05, 4.69) is 20.0 Å². The monoisotopic (exact) mass is 549 g/mol. The average molecular weight is 550 g/mol. The minimum atomic E-state index is -4.60. The van der Waals surface area contributed by atoms with Gasteiger partial charge in [0.2, 0.25) is 0 Å². The van der Waals surface area contributed by atoms with Gasteiger partial charge >= 0.3 is 6.18 Å². The zero-order chi connectivity index (χ0) is 27.9. The van der Waals surface area contributed by atoms with Crippen molar-refractivity contribution in [3.63, 3.8) is 0 Å². The molecule has 0 unspecified atom stereocenters. The Morgan fingerprint density at radius 1 is 0.974 bits per heavy atom. The SMILES string of the molecule is [C-]#[N+]c1ccc(-c2c(-c3ccc(Cl)cc3)c3nnc(CN)n3n(Cc3ccc(C(F)(F)F)nc3C)c2=O)cc1. The van der Waals surface area contributed by atoms with E-state index in [0.717, 1.165) is 6.07 Å². The second-order valence-electron chi connectivity index (χ2n) is 8.67. The van der Waals surface area contributed by atoms with Gasteiger partial charge in [0.15, 0.2) is 17.2 Å². The zero-order valence-electron chi connectivity index (χ0n) is 20.4. The summed E-state index contributed by atoms with van der Waals surface area (Å²) in [6, 6.07) is 15.6. The van der Waals surface area contributed by atoms with E-state index in [-0.39, 0.29) is 30.2 Å². The van der Waals surface area contributed by atoms with Crippen molar-refractivity contribution in [3.8, 4) is 22.3 Å². The third-order valence-corrected chi connectivity index (χ3v) is 6.53. The normalized spacial score (nSPS) is 11.6. The molecule has 0 amide bonds. The van der Waals surface area contributed by atoms with Crippen LogP contribution in [-0.4, -0.2) is 24.4 Å². The van der Waals surface area contributed by atoms with Gasteiger partial charge < -0.3 is 5.73 Å². The second-order valence-corrected chi connectivity index (χ2v) is 9.11. The van der Waals surface area contributed by atoms with Crippen LogP contribution < -0.4 is 11.3 Å². The largest absolute Gasteiger partial charge is 0.433 e. The van der Waals surface area contributed by atoms with Crippen molar-refractivity contribution in [1.82, 2.24) is 24.4 Å². The number of rotatable bonds is 5. The van der Waals surface area contributed by atoms with Crippen LogP contribution in [0.15, 0.2) is 65.5 Å². The molecule has 5 rings (SSSR count). The summed E-state index contributed by atoms with van der Waals surface area (Å²) in [5.74, 6) is 0.282. The topological polar surface area (TPSA) is 95.5 Å². The number of alkyl halides is 3. The van der Waals surface area contributed by atoms with Crippen LogP contribution in [0.3, 0.4) is 0 Å². The minimum absolute atomic E-state index is 0.0516. The Morgan fingerprint density at radius 3 is 2.21 bits per heavy atom. The molecule has 0 radical (unpaired) electrons. The molecule has 0 aliphatic heterocycles. The van der Waals surface area contributed by atoms with Crippen LogP contribution in [0.25, 0.3) is 32.7 Å². The fourth-order valence-corrected chi connectivity index (χ4v) is 4.49. The van der Waals surface area contributed by atoms with Gasteiger partial charge in [0.25, 0.3) is 5.56 Å². The number of nitrogens with zero attached hydrogens (tertiary/aromatic N) is 6. The quantitative estimate of drug-likeness (QED) is 0.285. The molecule has 0 aliphatic carbocycles. The first kappa shape index (κ1) is 26.1. The summed E-state index contributed by atoms with van der Waals surface area (Å²) < 4.78 is 42.4. The van der Waals surface area contributed by atoms with Crippen LogP contribution in [-0.2, 0) is 19.3 Å². The maximum absolute atomic E-state index is 14.3. The smallest absolute Gasteiger partial charge is 0.324 e. The van der Waals surface area contributed by atoms with Crippen molar-refractivity contribution < 1.29 is 13.2 Å². The summed E-state index contributed by atoms with van der Waals surface area (Å²) in [6.07, 6.45) is -4.60. The van der Waals surface area contributed by atoms with Crippen molar-refractivity contribution in [3.05, 3.63) is 110 Å². The summed E-state index contributed by atoms with van der Waals surface area (Å²) in [7, 11) is 0. The summed E-state index contributed by atoms with van der Waals surface area (Å²) in [6.45, 7) is 8.54. The average Bonchev–Trinajstić information content (AvgIpc) is 3.34. The van der Waals surface area contributed by atoms with Gasteiger partial charge in [0.05, 0.1) is 25.2 Å². The third kappa shape index (κ3) is 4.76. The van der Waals surface area contributed by atoms with E-state index in [0.29, 0.717) is 38.6 Å². The fraction of sp³-hybridized carbons (Fsp3) is 0.148. The van der Waals surface area contributed by atoms with Gasteiger partial charge in [0, 0.05) is 16.3 Å². The number of pyridine rings is 1. The van der Waals surface area contributed by atoms with Crippen LogP contribution in [0.5, 0.6) is 0 Å². The summed E-state index contributed by atoms with van der Waals surface area (Å²) in [5, 5.41) is 9.04. The van der Waals surface area contributed by atoms with Gasteiger partial charge in [-0.15, -0.1) is 10.2 Å². The van der Waals surface area contributed by atoms with E-state index in [4.69, 9.17) is 23.9 Å². The fourth-order valence-electron chi connectivity index (χ4n) is 4.37. The highest BCUT2D eigenvalue weighted by atomic mass is 35.5. The molecule has 0 spiro atoms. The molecule has 5 aromatic rings. The van der Waals surface area contributed by atoms with Gasteiger partial charge in [-0.25, -0.2) is 19.0 Å². The first-order chi connectivity index (χ1) is 18.6. The van der Waals surface area contributed by atoms with Crippen molar-refractivity contribution in [2.45, 2.75) is 26.2 Å². The molecular weight excluding hydrogens is 531 g/mol. The number of halogens is 4. The number of benzene rings is 2. The van der Waals surface area contributed by atoms with Crippen LogP contribution in [0, 0.1) is 13.5 Å². The first-order valence-corrected chi connectivity index (χ1v) is 12.0. The van der Waals surface area contributed by atoms with E-state index < -0.39 is 17.4 Å². The number of hydrogen-bond donors (Lipinski definition) is 1. The Balaban J connectivity index is 1.83. The molecule has 196 valence electrons. The number of hydrogen-bond acceptors (Lipinski definition) is 5. The molecular formula is C27H19ClF3N7O. The van der Waals surface area contributed by atoms with Gasteiger partial charge in [-0.2, -0.15) is 13.2 Å². The maximum Gasteiger partial charge on any atom is 0.433 e. The molecule has 8 nitrogen and oxygen atoms in total. The molecule has 0 atom stereocenters. The standard InChI is InChI=1S/C27H19ClF3N7O/c1-15-18(7-12-21(34-15)27(29,30)31)14-37-26(39)24(17-5-10-20(33-2)11-6-17)23(16-3-8-19(28)9-4-16)25-36-35-22(13-32)38(25)37/h3-12H,13-14,32H2,1H3. The molecule has 0 bridgehead atoms. The second kappa shape index (κ2) is 9.98. The molecule has 0 saturated heterocycles. The summed E-state index contributed by atoms with van der Waals surface area (Å²) in [4.78, 5) is 21.4. The highest BCUT2D eigenvalue weighted by Gasteiger charge is 2.33. The maximum atomic E-state index is 14.3. The predicted molar refractivity (Wildman–Crippen MR) is 140 cm³/mol. The molecule has 0 saturated carbocycles. The zero-order valence-corrected chi connectivity index (χ0v) is 21.1. The number of aromatic nitrogens is 5. The number of fused-ring (bicyclic) bond motifs is 1. The van der Waals surface area contributed by atoms with Crippen molar-refractivity contribution in [2.75, 3.05) is 0 Å². The lowest BCUT2D eigenvalue weighted by molar-refractivity contribution is -0.141. The Bertz CT molecular complexity index is 1800. The lowest BCUT2D eigenvalue weighted by Crippen LogP contribution is -2.31. The summed E-state index contributed by atoms with van der Waals surface area (Å²) >= 11 is 6.11. The molecule has 39 heavy (non-hydrogen) atoms. The van der Waals surface area contributed by atoms with E-state index in [1.165, 1.54) is 22.2 Å². The molecule has 3 heterocycles. The lowest BCUT2D eigenvalue weighted by Gasteiger charge is -2.18. The Kier molecular flexibility index (Phi) is 6.68. The number of aryl methyl sites for hydroxylation is 1. The molecule has 2 aromatic carbocycles. The van der Waals surface area contributed by atoms with Crippen molar-refractivity contribution in [2.24, 2.45) is 5.73 Å². The Hall–Kier alpha value is -4.53. The minimum Gasteiger partial charge on any atom is -0.324 e.